The normalized spacial score (nSPS) is 11.7. The van der Waals surface area contributed by atoms with Gasteiger partial charge in [0, 0.05) is 37.2 Å². The molecule has 1 aromatic heterocycles. The fourth-order valence-electron chi connectivity index (χ4n) is 3.03. The van der Waals surface area contributed by atoms with E-state index in [0.29, 0.717) is 12.5 Å². The molecule has 0 saturated heterocycles. The van der Waals surface area contributed by atoms with Gasteiger partial charge in [-0.3, -0.25) is 4.99 Å². The predicted octanol–water partition coefficient (Wildman–Crippen LogP) is 3.23. The van der Waals surface area contributed by atoms with Crippen molar-refractivity contribution in [3.8, 4) is 5.75 Å². The summed E-state index contributed by atoms with van der Waals surface area (Å²) in [6.07, 6.45) is 2.91. The van der Waals surface area contributed by atoms with Crippen molar-refractivity contribution >= 4 is 16.9 Å². The Kier molecular flexibility index (Phi) is 5.41. The molecule has 0 aliphatic rings. The Morgan fingerprint density at radius 1 is 1.23 bits per heavy atom. The maximum Gasteiger partial charge on any atom is 0.191 e. The van der Waals surface area contributed by atoms with Crippen LogP contribution in [0, 0.1) is 12.7 Å². The zero-order valence-electron chi connectivity index (χ0n) is 14.9. The number of nitrogens with zero attached hydrogens (tertiary/aromatic N) is 1. The van der Waals surface area contributed by atoms with Crippen molar-refractivity contribution in [1.29, 1.82) is 0 Å². The third kappa shape index (κ3) is 3.96. The van der Waals surface area contributed by atoms with Crippen LogP contribution in [0.2, 0.25) is 0 Å². The summed E-state index contributed by atoms with van der Waals surface area (Å²) in [6.45, 7) is 3.26. The van der Waals surface area contributed by atoms with Gasteiger partial charge in [0.05, 0.1) is 0 Å². The van der Waals surface area contributed by atoms with Gasteiger partial charge in [0.25, 0.3) is 0 Å². The summed E-state index contributed by atoms with van der Waals surface area (Å²) in [6, 6.07) is 10.6. The lowest BCUT2D eigenvalue weighted by Crippen LogP contribution is -2.37. The molecule has 0 atom stereocenters. The molecule has 0 aliphatic heterocycles. The molecule has 26 heavy (non-hydrogen) atoms. The topological polar surface area (TPSA) is 72.4 Å². The lowest BCUT2D eigenvalue weighted by Gasteiger charge is -2.12. The van der Waals surface area contributed by atoms with Gasteiger partial charge in [-0.15, -0.1) is 0 Å². The molecule has 0 spiro atoms. The second-order valence-electron chi connectivity index (χ2n) is 6.20. The van der Waals surface area contributed by atoms with Crippen molar-refractivity contribution in [3.63, 3.8) is 0 Å². The summed E-state index contributed by atoms with van der Waals surface area (Å²) in [5, 5.41) is 16.9. The van der Waals surface area contributed by atoms with Gasteiger partial charge >= 0.3 is 0 Å². The molecule has 3 rings (SSSR count). The standard InChI is InChI=1S/C20H23FN4O/c1-13-4-3-5-17-19(13)15(12-24-17)8-9-23-20(22-2)25-11-14-6-7-18(26)16(21)10-14/h3-7,10,12,24,26H,8-9,11H2,1-2H3,(H2,22,23,25). The van der Waals surface area contributed by atoms with Crippen LogP contribution in [0.4, 0.5) is 4.39 Å². The highest BCUT2D eigenvalue weighted by atomic mass is 19.1. The van der Waals surface area contributed by atoms with Crippen molar-refractivity contribution in [2.45, 2.75) is 19.9 Å². The van der Waals surface area contributed by atoms with E-state index >= 15 is 0 Å². The number of phenols is 1. The predicted molar refractivity (Wildman–Crippen MR) is 103 cm³/mol. The molecule has 136 valence electrons. The first-order valence-corrected chi connectivity index (χ1v) is 8.56. The molecule has 1 heterocycles. The molecule has 0 fully saturated rings. The van der Waals surface area contributed by atoms with Crippen LogP contribution in [-0.2, 0) is 13.0 Å². The average molecular weight is 354 g/mol. The van der Waals surface area contributed by atoms with Gasteiger partial charge in [0.15, 0.2) is 17.5 Å². The van der Waals surface area contributed by atoms with E-state index in [-0.39, 0.29) is 5.75 Å². The average Bonchev–Trinajstić information content (AvgIpc) is 3.05. The van der Waals surface area contributed by atoms with Crippen LogP contribution in [0.1, 0.15) is 16.7 Å². The molecule has 0 amide bonds. The minimum Gasteiger partial charge on any atom is -0.505 e. The van der Waals surface area contributed by atoms with Crippen LogP contribution in [-0.4, -0.2) is 29.6 Å². The summed E-state index contributed by atoms with van der Waals surface area (Å²) in [5.74, 6) is -0.317. The van der Waals surface area contributed by atoms with Crippen LogP contribution >= 0.6 is 0 Å². The van der Waals surface area contributed by atoms with E-state index in [2.05, 4.69) is 45.9 Å². The van der Waals surface area contributed by atoms with Gasteiger partial charge in [0.2, 0.25) is 0 Å². The van der Waals surface area contributed by atoms with E-state index in [9.17, 15) is 9.50 Å². The molecule has 2 aromatic carbocycles. The first kappa shape index (κ1) is 17.8. The number of rotatable bonds is 5. The molecule has 0 unspecified atom stereocenters. The lowest BCUT2D eigenvalue weighted by molar-refractivity contribution is 0.431. The highest BCUT2D eigenvalue weighted by Crippen LogP contribution is 2.22. The number of guanidine groups is 1. The molecular formula is C20H23FN4O. The highest BCUT2D eigenvalue weighted by molar-refractivity contribution is 5.86. The molecular weight excluding hydrogens is 331 g/mol. The summed E-state index contributed by atoms with van der Waals surface area (Å²) < 4.78 is 13.4. The number of phenolic OH excluding ortho intramolecular Hbond substituents is 1. The second kappa shape index (κ2) is 7.91. The monoisotopic (exact) mass is 354 g/mol. The maximum atomic E-state index is 13.4. The van der Waals surface area contributed by atoms with E-state index in [0.717, 1.165) is 24.0 Å². The number of aliphatic imine (C=N–C) groups is 1. The van der Waals surface area contributed by atoms with Crippen LogP contribution in [0.25, 0.3) is 10.9 Å². The van der Waals surface area contributed by atoms with Gasteiger partial charge in [-0.1, -0.05) is 18.2 Å². The van der Waals surface area contributed by atoms with E-state index in [1.165, 1.54) is 28.6 Å². The highest BCUT2D eigenvalue weighted by Gasteiger charge is 2.07. The maximum absolute atomic E-state index is 13.4. The van der Waals surface area contributed by atoms with Crippen LogP contribution in [0.3, 0.4) is 0 Å². The number of aromatic nitrogens is 1. The molecule has 0 saturated carbocycles. The smallest absolute Gasteiger partial charge is 0.191 e. The van der Waals surface area contributed by atoms with Crippen molar-refractivity contribution < 1.29 is 9.50 Å². The number of hydrogen-bond donors (Lipinski definition) is 4. The van der Waals surface area contributed by atoms with Gasteiger partial charge in [-0.05, 0) is 48.2 Å². The van der Waals surface area contributed by atoms with Crippen molar-refractivity contribution in [2.75, 3.05) is 13.6 Å². The fourth-order valence-corrected chi connectivity index (χ4v) is 3.03. The summed E-state index contributed by atoms with van der Waals surface area (Å²) in [4.78, 5) is 7.49. The lowest BCUT2D eigenvalue weighted by atomic mass is 10.1. The second-order valence-corrected chi connectivity index (χ2v) is 6.20. The molecule has 4 N–H and O–H groups in total. The zero-order chi connectivity index (χ0) is 18.5. The number of aromatic hydroxyl groups is 1. The van der Waals surface area contributed by atoms with E-state index in [1.807, 2.05) is 6.07 Å². The van der Waals surface area contributed by atoms with Crippen LogP contribution < -0.4 is 10.6 Å². The number of benzene rings is 2. The Morgan fingerprint density at radius 2 is 2.08 bits per heavy atom. The number of aryl methyl sites for hydroxylation is 1. The van der Waals surface area contributed by atoms with Gasteiger partial charge in [0.1, 0.15) is 0 Å². The summed E-state index contributed by atoms with van der Waals surface area (Å²) >= 11 is 0. The first-order valence-electron chi connectivity index (χ1n) is 8.56. The fraction of sp³-hybridized carbons (Fsp3) is 0.250. The zero-order valence-corrected chi connectivity index (χ0v) is 14.9. The number of nitrogens with one attached hydrogen (secondary N) is 3. The van der Waals surface area contributed by atoms with Crippen molar-refractivity contribution in [2.24, 2.45) is 4.99 Å². The molecule has 0 bridgehead atoms. The van der Waals surface area contributed by atoms with Crippen molar-refractivity contribution in [1.82, 2.24) is 15.6 Å². The molecule has 0 radical (unpaired) electrons. The minimum atomic E-state index is -0.623. The van der Waals surface area contributed by atoms with E-state index < -0.39 is 5.82 Å². The first-order chi connectivity index (χ1) is 12.6. The molecule has 3 aromatic rings. The molecule has 0 aliphatic carbocycles. The molecule has 6 heteroatoms. The number of hydrogen-bond acceptors (Lipinski definition) is 2. The molecule has 5 nitrogen and oxygen atoms in total. The third-order valence-corrected chi connectivity index (χ3v) is 4.38. The summed E-state index contributed by atoms with van der Waals surface area (Å²) in [5.41, 5.74) is 4.41. The SMILES string of the molecule is CN=C(NCCc1c[nH]c2cccc(C)c12)NCc1ccc(O)c(F)c1. The van der Waals surface area contributed by atoms with Gasteiger partial charge in [-0.2, -0.15) is 0 Å². The number of fused-ring (bicyclic) bond motifs is 1. The Bertz CT molecular complexity index is 933. The number of aromatic amines is 1. The third-order valence-electron chi connectivity index (χ3n) is 4.38. The Balaban J connectivity index is 1.55. The van der Waals surface area contributed by atoms with E-state index in [4.69, 9.17) is 0 Å². The Morgan fingerprint density at radius 3 is 2.85 bits per heavy atom. The van der Waals surface area contributed by atoms with Crippen molar-refractivity contribution in [3.05, 3.63) is 65.1 Å². The minimum absolute atomic E-state index is 0.342. The van der Waals surface area contributed by atoms with Gasteiger partial charge in [-0.25, -0.2) is 4.39 Å². The van der Waals surface area contributed by atoms with Crippen LogP contribution in [0.5, 0.6) is 5.75 Å². The largest absolute Gasteiger partial charge is 0.505 e. The Labute approximate surface area is 152 Å². The number of H-pyrrole nitrogens is 1. The Hall–Kier alpha value is -3.02. The summed E-state index contributed by atoms with van der Waals surface area (Å²) in [7, 11) is 1.70. The quantitative estimate of drug-likeness (QED) is 0.420. The van der Waals surface area contributed by atoms with Gasteiger partial charge < -0.3 is 20.7 Å². The van der Waals surface area contributed by atoms with E-state index in [1.54, 1.807) is 13.1 Å². The van der Waals surface area contributed by atoms with Crippen LogP contribution in [0.15, 0.2) is 47.6 Å². The number of halogens is 1.